The molecule has 0 N–H and O–H groups in total. The SMILES string of the molecule is O=P1(Oc2ccccc2)[C@H](c2ccccc2)CC[C@H]1c1ccccc1. The molecule has 0 amide bonds. The van der Waals surface area contributed by atoms with Crippen molar-refractivity contribution in [2.24, 2.45) is 0 Å². The molecule has 0 saturated carbocycles. The summed E-state index contributed by atoms with van der Waals surface area (Å²) >= 11 is 0. The highest BCUT2D eigenvalue weighted by Gasteiger charge is 2.49. The third kappa shape index (κ3) is 3.15. The normalized spacial score (nSPS) is 21.8. The van der Waals surface area contributed by atoms with Gasteiger partial charge in [-0.25, -0.2) is 0 Å². The van der Waals surface area contributed by atoms with Gasteiger partial charge in [0.15, 0.2) is 0 Å². The molecule has 0 aromatic heterocycles. The molecule has 0 spiro atoms. The van der Waals surface area contributed by atoms with E-state index in [-0.39, 0.29) is 11.3 Å². The smallest absolute Gasteiger partial charge is 0.262 e. The largest absolute Gasteiger partial charge is 0.442 e. The van der Waals surface area contributed by atoms with Gasteiger partial charge in [0.05, 0.1) is 11.3 Å². The zero-order chi connectivity index (χ0) is 17.1. The predicted molar refractivity (Wildman–Crippen MR) is 102 cm³/mol. The van der Waals surface area contributed by atoms with Gasteiger partial charge in [0, 0.05) is 0 Å². The molecule has 25 heavy (non-hydrogen) atoms. The van der Waals surface area contributed by atoms with Crippen LogP contribution in [0.2, 0.25) is 0 Å². The number of hydrogen-bond acceptors (Lipinski definition) is 2. The number of benzene rings is 3. The summed E-state index contributed by atoms with van der Waals surface area (Å²) in [5.74, 6) is 0.689. The van der Waals surface area contributed by atoms with E-state index in [1.165, 1.54) is 0 Å². The summed E-state index contributed by atoms with van der Waals surface area (Å²) in [6.07, 6.45) is 1.77. The molecule has 2 atom stereocenters. The molecule has 1 saturated heterocycles. The Morgan fingerprint density at radius 2 is 1.04 bits per heavy atom. The van der Waals surface area contributed by atoms with Gasteiger partial charge in [-0.05, 0) is 36.1 Å². The molecule has 3 aromatic rings. The van der Waals surface area contributed by atoms with Crippen LogP contribution in [-0.2, 0) is 4.57 Å². The molecule has 3 aromatic carbocycles. The van der Waals surface area contributed by atoms with Gasteiger partial charge in [-0.3, -0.25) is 4.57 Å². The van der Waals surface area contributed by atoms with Gasteiger partial charge in [0.25, 0.3) is 7.37 Å². The van der Waals surface area contributed by atoms with E-state index in [1.807, 2.05) is 66.7 Å². The lowest BCUT2D eigenvalue weighted by atomic mass is 10.0. The molecule has 3 heteroatoms. The van der Waals surface area contributed by atoms with E-state index in [4.69, 9.17) is 4.52 Å². The van der Waals surface area contributed by atoms with Gasteiger partial charge >= 0.3 is 0 Å². The summed E-state index contributed by atoms with van der Waals surface area (Å²) in [5.41, 5.74) is 2.11. The van der Waals surface area contributed by atoms with Crippen LogP contribution in [0.3, 0.4) is 0 Å². The van der Waals surface area contributed by atoms with Crippen molar-refractivity contribution in [1.29, 1.82) is 0 Å². The lowest BCUT2D eigenvalue weighted by Gasteiger charge is -2.27. The van der Waals surface area contributed by atoms with Crippen molar-refractivity contribution in [1.82, 2.24) is 0 Å². The molecule has 0 radical (unpaired) electrons. The van der Waals surface area contributed by atoms with Crippen LogP contribution in [0.15, 0.2) is 91.0 Å². The fourth-order valence-corrected chi connectivity index (χ4v) is 7.10. The van der Waals surface area contributed by atoms with Crippen LogP contribution in [0.4, 0.5) is 0 Å². The zero-order valence-electron chi connectivity index (χ0n) is 14.0. The quantitative estimate of drug-likeness (QED) is 0.495. The second-order valence-corrected chi connectivity index (χ2v) is 9.20. The first-order valence-electron chi connectivity index (χ1n) is 8.71. The summed E-state index contributed by atoms with van der Waals surface area (Å²) in [5, 5.41) is 0. The number of hydrogen-bond donors (Lipinski definition) is 0. The average molecular weight is 348 g/mol. The van der Waals surface area contributed by atoms with Gasteiger partial charge in [0.1, 0.15) is 5.75 Å². The number of para-hydroxylation sites is 1. The second-order valence-electron chi connectivity index (χ2n) is 6.48. The van der Waals surface area contributed by atoms with Gasteiger partial charge in [-0.1, -0.05) is 78.9 Å². The van der Waals surface area contributed by atoms with Crippen molar-refractivity contribution in [3.8, 4) is 5.75 Å². The fourth-order valence-electron chi connectivity index (χ4n) is 3.77. The highest BCUT2D eigenvalue weighted by molar-refractivity contribution is 7.60. The molecule has 1 heterocycles. The molecule has 1 aliphatic heterocycles. The molecule has 2 nitrogen and oxygen atoms in total. The van der Waals surface area contributed by atoms with Crippen LogP contribution in [0.25, 0.3) is 0 Å². The third-order valence-corrected chi connectivity index (χ3v) is 8.29. The minimum absolute atomic E-state index is 0.0564. The van der Waals surface area contributed by atoms with E-state index in [1.54, 1.807) is 0 Å². The molecule has 1 fully saturated rings. The van der Waals surface area contributed by atoms with E-state index in [0.29, 0.717) is 5.75 Å². The van der Waals surface area contributed by atoms with Crippen molar-refractivity contribution in [2.75, 3.05) is 0 Å². The first-order valence-corrected chi connectivity index (χ1v) is 10.5. The predicted octanol–water partition coefficient (Wildman–Crippen LogP) is 6.62. The van der Waals surface area contributed by atoms with Crippen molar-refractivity contribution < 1.29 is 9.09 Å². The van der Waals surface area contributed by atoms with Crippen molar-refractivity contribution in [3.63, 3.8) is 0 Å². The highest BCUT2D eigenvalue weighted by Crippen LogP contribution is 2.76. The molecule has 0 unspecified atom stereocenters. The van der Waals surface area contributed by atoms with Crippen LogP contribution in [0, 0.1) is 0 Å². The Morgan fingerprint density at radius 3 is 1.48 bits per heavy atom. The lowest BCUT2D eigenvalue weighted by molar-refractivity contribution is 0.469. The second kappa shape index (κ2) is 6.90. The van der Waals surface area contributed by atoms with Crippen LogP contribution in [0.5, 0.6) is 5.75 Å². The molecule has 0 bridgehead atoms. The summed E-state index contributed by atoms with van der Waals surface area (Å²) < 4.78 is 20.5. The van der Waals surface area contributed by atoms with Crippen LogP contribution in [-0.4, -0.2) is 0 Å². The lowest BCUT2D eigenvalue weighted by Crippen LogP contribution is -2.05. The minimum Gasteiger partial charge on any atom is -0.442 e. The Hall–Kier alpha value is -2.31. The van der Waals surface area contributed by atoms with Crippen molar-refractivity contribution in [2.45, 2.75) is 24.2 Å². The van der Waals surface area contributed by atoms with Crippen LogP contribution in [0.1, 0.15) is 35.3 Å². The van der Waals surface area contributed by atoms with Crippen molar-refractivity contribution in [3.05, 3.63) is 102 Å². The average Bonchev–Trinajstić information content (AvgIpc) is 3.00. The molecule has 126 valence electrons. The molecular weight excluding hydrogens is 327 g/mol. The maximum Gasteiger partial charge on any atom is 0.262 e. The fraction of sp³-hybridized carbons (Fsp3) is 0.182. The first-order chi connectivity index (χ1) is 12.3. The van der Waals surface area contributed by atoms with Crippen LogP contribution < -0.4 is 4.52 Å². The van der Waals surface area contributed by atoms with E-state index in [0.717, 1.165) is 24.0 Å². The van der Waals surface area contributed by atoms with Gasteiger partial charge in [-0.15, -0.1) is 0 Å². The van der Waals surface area contributed by atoms with Gasteiger partial charge < -0.3 is 4.52 Å². The summed E-state index contributed by atoms with van der Waals surface area (Å²) in [6.45, 7) is 0. The molecule has 0 aliphatic carbocycles. The Balaban J connectivity index is 1.77. The van der Waals surface area contributed by atoms with E-state index in [2.05, 4.69) is 24.3 Å². The summed E-state index contributed by atoms with van der Waals surface area (Å²) in [6, 6.07) is 29.9. The minimum atomic E-state index is -2.96. The Labute approximate surface area is 148 Å². The molecule has 1 aliphatic rings. The summed E-state index contributed by atoms with van der Waals surface area (Å²) in [4.78, 5) is 0. The Bertz CT molecular complexity index is 811. The Morgan fingerprint density at radius 1 is 0.640 bits per heavy atom. The maximum atomic E-state index is 14.2. The highest BCUT2D eigenvalue weighted by atomic mass is 31.2. The van der Waals surface area contributed by atoms with Crippen molar-refractivity contribution >= 4 is 7.37 Å². The monoisotopic (exact) mass is 348 g/mol. The van der Waals surface area contributed by atoms with Gasteiger partial charge in [-0.2, -0.15) is 0 Å². The third-order valence-electron chi connectivity index (χ3n) is 4.94. The van der Waals surface area contributed by atoms with E-state index >= 15 is 0 Å². The van der Waals surface area contributed by atoms with Crippen LogP contribution >= 0.6 is 7.37 Å². The number of rotatable bonds is 4. The van der Waals surface area contributed by atoms with E-state index < -0.39 is 7.37 Å². The topological polar surface area (TPSA) is 26.3 Å². The molecular formula is C22H21O2P. The standard InChI is InChI=1S/C22H21O2P/c23-25(24-20-14-8-3-9-15-20)21(18-10-4-1-5-11-18)16-17-22(25)19-12-6-2-7-13-19/h1-15,21-22H,16-17H2/t21-,22-/m0/s1. The first kappa shape index (κ1) is 16.2. The van der Waals surface area contributed by atoms with Gasteiger partial charge in [0.2, 0.25) is 0 Å². The Kier molecular flexibility index (Phi) is 4.46. The van der Waals surface area contributed by atoms with E-state index in [9.17, 15) is 4.57 Å². The zero-order valence-corrected chi connectivity index (χ0v) is 14.9. The summed E-state index contributed by atoms with van der Waals surface area (Å²) in [7, 11) is -2.96. The molecule has 4 rings (SSSR count). The maximum absolute atomic E-state index is 14.2.